The van der Waals surface area contributed by atoms with Crippen LogP contribution in [0, 0.1) is 11.7 Å². The number of urea groups is 1. The van der Waals surface area contributed by atoms with Crippen molar-refractivity contribution >= 4 is 29.6 Å². The van der Waals surface area contributed by atoms with E-state index < -0.39 is 36.4 Å². The number of nitrogens with zero attached hydrogens (tertiary/aromatic N) is 1. The molecule has 2 unspecified atom stereocenters. The molecule has 2 atom stereocenters. The van der Waals surface area contributed by atoms with Gasteiger partial charge in [-0.2, -0.15) is 0 Å². The van der Waals surface area contributed by atoms with Gasteiger partial charge in [0.1, 0.15) is 12.4 Å². The number of primary amides is 1. The molecule has 2 amide bonds. The number of ether oxygens (including phenoxy) is 2. The molecular formula is C23H24FN3O6. The van der Waals surface area contributed by atoms with Gasteiger partial charge in [-0.1, -0.05) is 30.3 Å². The Bertz CT molecular complexity index is 1060. The van der Waals surface area contributed by atoms with Crippen LogP contribution in [-0.4, -0.2) is 44.1 Å². The number of nitrogens with one attached hydrogen (secondary N) is 1. The molecule has 1 aliphatic heterocycles. The van der Waals surface area contributed by atoms with E-state index in [4.69, 9.17) is 10.5 Å². The molecule has 2 aromatic rings. The number of esters is 3. The molecule has 10 heteroatoms. The summed E-state index contributed by atoms with van der Waals surface area (Å²) in [6, 6.07) is 11.2. The van der Waals surface area contributed by atoms with Crippen LogP contribution >= 0.6 is 0 Å². The summed E-state index contributed by atoms with van der Waals surface area (Å²) >= 11 is 0. The summed E-state index contributed by atoms with van der Waals surface area (Å²) in [5, 5.41) is 3.05. The Kier molecular flexibility index (Phi) is 7.73. The minimum absolute atomic E-state index is 0.0300. The third-order valence-corrected chi connectivity index (χ3v) is 5.31. The largest absolute Gasteiger partial charge is 0.469 e. The Morgan fingerprint density at radius 1 is 1.12 bits per heavy atom. The van der Waals surface area contributed by atoms with Crippen LogP contribution in [0.15, 0.2) is 48.5 Å². The number of carbonyl (C=O) groups excluding carboxylic acids is 4. The van der Waals surface area contributed by atoms with Gasteiger partial charge in [0.05, 0.1) is 19.4 Å². The molecule has 9 nitrogen and oxygen atoms in total. The Morgan fingerprint density at radius 3 is 2.58 bits per heavy atom. The quantitative estimate of drug-likeness (QED) is 0.480. The number of methoxy groups -OCH3 is 1. The number of carbonyl (C=O) groups is 4. The predicted octanol–water partition coefficient (Wildman–Crippen LogP) is 1.85. The highest BCUT2D eigenvalue weighted by Crippen LogP contribution is 2.29. The predicted molar refractivity (Wildman–Crippen MR) is 115 cm³/mol. The number of nitrogens with two attached hydrogens (primary N) is 1. The fourth-order valence-electron chi connectivity index (χ4n) is 3.64. The zero-order valence-electron chi connectivity index (χ0n) is 18.0. The van der Waals surface area contributed by atoms with Crippen LogP contribution in [-0.2, 0) is 30.3 Å². The van der Waals surface area contributed by atoms with Crippen LogP contribution < -0.4 is 16.0 Å². The molecule has 1 saturated heterocycles. The maximum atomic E-state index is 14.0. The van der Waals surface area contributed by atoms with Crippen molar-refractivity contribution < 1.29 is 33.0 Å². The van der Waals surface area contributed by atoms with Gasteiger partial charge < -0.3 is 20.5 Å². The molecule has 1 fully saturated rings. The van der Waals surface area contributed by atoms with Crippen LogP contribution in [0.4, 0.5) is 14.9 Å². The van der Waals surface area contributed by atoms with Crippen molar-refractivity contribution in [1.82, 2.24) is 5.32 Å². The lowest BCUT2D eigenvalue weighted by molar-refractivity contribution is -0.161. The van der Waals surface area contributed by atoms with Crippen LogP contribution in [0.3, 0.4) is 0 Å². The monoisotopic (exact) mass is 457 g/mol. The van der Waals surface area contributed by atoms with E-state index in [0.717, 1.165) is 4.90 Å². The summed E-state index contributed by atoms with van der Waals surface area (Å²) in [5.41, 5.74) is 6.64. The van der Waals surface area contributed by atoms with Crippen molar-refractivity contribution in [2.75, 3.05) is 25.1 Å². The number of anilines is 1. The second kappa shape index (κ2) is 10.7. The summed E-state index contributed by atoms with van der Waals surface area (Å²) in [7, 11) is 1.26. The van der Waals surface area contributed by atoms with Crippen molar-refractivity contribution in [2.24, 2.45) is 11.7 Å². The van der Waals surface area contributed by atoms with Crippen molar-refractivity contribution in [3.63, 3.8) is 0 Å². The first-order valence-electron chi connectivity index (χ1n) is 10.2. The summed E-state index contributed by atoms with van der Waals surface area (Å²) in [5.74, 6) is -3.24. The van der Waals surface area contributed by atoms with E-state index >= 15 is 0 Å². The first kappa shape index (κ1) is 23.9. The maximum Gasteiger partial charge on any atom is 0.333 e. The van der Waals surface area contributed by atoms with E-state index in [2.05, 4.69) is 10.1 Å². The van der Waals surface area contributed by atoms with Crippen LogP contribution in [0.1, 0.15) is 23.6 Å². The van der Waals surface area contributed by atoms with Crippen LogP contribution in [0.5, 0.6) is 0 Å². The molecule has 0 aromatic heterocycles. The lowest BCUT2D eigenvalue weighted by Crippen LogP contribution is -2.41. The van der Waals surface area contributed by atoms with Gasteiger partial charge in [-0.05, 0) is 30.2 Å². The third kappa shape index (κ3) is 6.13. The highest BCUT2D eigenvalue weighted by atomic mass is 19.1. The summed E-state index contributed by atoms with van der Waals surface area (Å²) in [6.07, 6.45) is 0.236. The standard InChI is InChI=1S/C23H24FN3O6/c1-32-20(28)10-14-5-4-6-16(9-14)27(23(25)31)13-21(29)33-22(30)15-11-19(26-12-15)17-7-2-3-8-18(17)24/h2-9,15,19,26H,10-13H2,1H3,(H2,25,31). The first-order valence-corrected chi connectivity index (χ1v) is 10.2. The molecule has 0 saturated carbocycles. The fourth-order valence-corrected chi connectivity index (χ4v) is 3.64. The van der Waals surface area contributed by atoms with Gasteiger partial charge >= 0.3 is 23.9 Å². The number of benzene rings is 2. The van der Waals surface area contributed by atoms with Crippen molar-refractivity contribution in [3.05, 3.63) is 65.5 Å². The maximum absolute atomic E-state index is 14.0. The third-order valence-electron chi connectivity index (χ3n) is 5.31. The number of rotatable bonds is 7. The Labute approximate surface area is 189 Å². The molecule has 0 aliphatic carbocycles. The number of hydrogen-bond donors (Lipinski definition) is 2. The Hall–Kier alpha value is -3.79. The van der Waals surface area contributed by atoms with Crippen LogP contribution in [0.25, 0.3) is 0 Å². The molecule has 174 valence electrons. The fraction of sp³-hybridized carbons (Fsp3) is 0.304. The smallest absolute Gasteiger partial charge is 0.333 e. The minimum atomic E-state index is -0.966. The van der Waals surface area contributed by atoms with Gasteiger partial charge in [0.2, 0.25) is 0 Å². The normalized spacial score (nSPS) is 17.3. The van der Waals surface area contributed by atoms with Gasteiger partial charge in [-0.25, -0.2) is 14.0 Å². The van der Waals surface area contributed by atoms with Crippen molar-refractivity contribution in [1.29, 1.82) is 0 Å². The summed E-state index contributed by atoms with van der Waals surface area (Å²) in [6.45, 7) is -0.375. The Balaban J connectivity index is 1.61. The molecular weight excluding hydrogens is 433 g/mol. The molecule has 3 rings (SSSR count). The van der Waals surface area contributed by atoms with E-state index in [9.17, 15) is 23.6 Å². The molecule has 1 heterocycles. The zero-order chi connectivity index (χ0) is 24.0. The molecule has 1 aliphatic rings. The van der Waals surface area contributed by atoms with Crippen LogP contribution in [0.2, 0.25) is 0 Å². The second-order valence-corrected chi connectivity index (χ2v) is 7.56. The van der Waals surface area contributed by atoms with Gasteiger partial charge in [-0.15, -0.1) is 0 Å². The number of amides is 2. The summed E-state index contributed by atoms with van der Waals surface area (Å²) in [4.78, 5) is 49.2. The lowest BCUT2D eigenvalue weighted by Gasteiger charge is -2.20. The summed E-state index contributed by atoms with van der Waals surface area (Å²) < 4.78 is 23.5. The average Bonchev–Trinajstić information content (AvgIpc) is 3.28. The SMILES string of the molecule is COC(=O)Cc1cccc(N(CC(=O)OC(=O)C2CNC(c3ccccc3F)C2)C(N)=O)c1. The highest BCUT2D eigenvalue weighted by molar-refractivity contribution is 5.98. The van der Waals surface area contributed by atoms with E-state index in [1.807, 2.05) is 0 Å². The lowest BCUT2D eigenvalue weighted by atomic mass is 10.00. The van der Waals surface area contributed by atoms with E-state index in [1.54, 1.807) is 30.3 Å². The van der Waals surface area contributed by atoms with E-state index in [-0.39, 0.29) is 36.9 Å². The molecule has 2 aromatic carbocycles. The molecule has 0 radical (unpaired) electrons. The average molecular weight is 457 g/mol. The van der Waals surface area contributed by atoms with Gasteiger partial charge in [-0.3, -0.25) is 14.5 Å². The van der Waals surface area contributed by atoms with Gasteiger partial charge in [0, 0.05) is 23.8 Å². The minimum Gasteiger partial charge on any atom is -0.469 e. The Morgan fingerprint density at radius 2 is 1.88 bits per heavy atom. The molecule has 0 spiro atoms. The number of hydrogen-bond acceptors (Lipinski definition) is 7. The second-order valence-electron chi connectivity index (χ2n) is 7.56. The highest BCUT2D eigenvalue weighted by Gasteiger charge is 2.34. The zero-order valence-corrected chi connectivity index (χ0v) is 18.0. The molecule has 0 bridgehead atoms. The van der Waals surface area contributed by atoms with E-state index in [1.165, 1.54) is 25.3 Å². The van der Waals surface area contributed by atoms with Gasteiger partial charge in [0.15, 0.2) is 0 Å². The first-order chi connectivity index (χ1) is 15.8. The molecule has 3 N–H and O–H groups in total. The topological polar surface area (TPSA) is 128 Å². The molecule has 33 heavy (non-hydrogen) atoms. The van der Waals surface area contributed by atoms with Crippen molar-refractivity contribution in [3.8, 4) is 0 Å². The van der Waals surface area contributed by atoms with E-state index in [0.29, 0.717) is 11.1 Å². The van der Waals surface area contributed by atoms with Gasteiger partial charge in [0.25, 0.3) is 0 Å². The van der Waals surface area contributed by atoms with Crippen molar-refractivity contribution in [2.45, 2.75) is 18.9 Å². The number of halogens is 1.